The van der Waals surface area contributed by atoms with Gasteiger partial charge >= 0.3 is 11.9 Å². The molecule has 0 saturated heterocycles. The van der Waals surface area contributed by atoms with Crippen LogP contribution in [0.1, 0.15) is 25.7 Å². The number of carbonyl (C=O) groups excluding carboxylic acids is 4. The van der Waals surface area contributed by atoms with E-state index in [1.165, 1.54) is 11.8 Å². The number of amides is 4. The summed E-state index contributed by atoms with van der Waals surface area (Å²) in [5.74, 6) is -5.87. The number of carbonyl (C=O) groups is 6. The molecule has 0 rings (SSSR count). The van der Waals surface area contributed by atoms with Gasteiger partial charge in [0.05, 0.1) is 12.5 Å². The first-order valence-electron chi connectivity index (χ1n) is 9.42. The lowest BCUT2D eigenvalue weighted by molar-refractivity contribution is -0.143. The van der Waals surface area contributed by atoms with Crippen LogP contribution in [0.2, 0.25) is 0 Å². The molecule has 0 aliphatic rings. The zero-order chi connectivity index (χ0) is 24.8. The molecule has 4 unspecified atom stereocenters. The average molecular weight is 496 g/mol. The van der Waals surface area contributed by atoms with Crippen molar-refractivity contribution < 1.29 is 39.0 Å². The summed E-state index contributed by atoms with van der Waals surface area (Å²) in [4.78, 5) is 70.3. The first-order chi connectivity index (χ1) is 14.9. The molecule has 182 valence electrons. The Labute approximate surface area is 194 Å². The number of aliphatic carboxylic acids is 2. The van der Waals surface area contributed by atoms with Crippen molar-refractivity contribution in [1.29, 1.82) is 0 Å². The molecule has 4 amide bonds. The van der Waals surface area contributed by atoms with Gasteiger partial charge in [-0.1, -0.05) is 0 Å². The van der Waals surface area contributed by atoms with Crippen LogP contribution in [0, 0.1) is 0 Å². The van der Waals surface area contributed by atoms with Crippen LogP contribution in [0.15, 0.2) is 0 Å². The van der Waals surface area contributed by atoms with E-state index in [4.69, 9.17) is 16.6 Å². The minimum atomic E-state index is -1.60. The molecule has 0 fully saturated rings. The summed E-state index contributed by atoms with van der Waals surface area (Å²) in [5, 5.41) is 25.0. The quantitative estimate of drug-likeness (QED) is 0.103. The van der Waals surface area contributed by atoms with Crippen molar-refractivity contribution in [2.24, 2.45) is 11.5 Å². The van der Waals surface area contributed by atoms with Crippen molar-refractivity contribution in [1.82, 2.24) is 16.0 Å². The van der Waals surface area contributed by atoms with Crippen LogP contribution in [-0.2, 0) is 28.8 Å². The molecule has 0 bridgehead atoms. The number of hydrogen-bond donors (Lipinski definition) is 8. The lowest BCUT2D eigenvalue weighted by Crippen LogP contribution is -2.58. The summed E-state index contributed by atoms with van der Waals surface area (Å²) >= 11 is 5.32. The second-order valence-electron chi connectivity index (χ2n) is 6.70. The van der Waals surface area contributed by atoms with Gasteiger partial charge in [-0.25, -0.2) is 4.79 Å². The molecule has 4 atom stereocenters. The van der Waals surface area contributed by atoms with E-state index in [9.17, 15) is 33.9 Å². The van der Waals surface area contributed by atoms with E-state index in [1.54, 1.807) is 6.26 Å². The molecule has 0 spiro atoms. The van der Waals surface area contributed by atoms with Gasteiger partial charge in [0.25, 0.3) is 0 Å². The Morgan fingerprint density at radius 2 is 1.44 bits per heavy atom. The van der Waals surface area contributed by atoms with Gasteiger partial charge in [-0.3, -0.25) is 24.0 Å². The molecule has 13 nitrogen and oxygen atoms in total. The summed E-state index contributed by atoms with van der Waals surface area (Å²) < 4.78 is 0. The van der Waals surface area contributed by atoms with E-state index < -0.39 is 66.2 Å². The fraction of sp³-hybridized carbons (Fsp3) is 0.647. The highest BCUT2D eigenvalue weighted by Crippen LogP contribution is 2.04. The van der Waals surface area contributed by atoms with Gasteiger partial charge in [0.2, 0.25) is 23.6 Å². The first kappa shape index (κ1) is 29.5. The minimum absolute atomic E-state index is 0.0568. The normalized spacial score (nSPS) is 14.3. The largest absolute Gasteiger partial charge is 0.481 e. The van der Waals surface area contributed by atoms with Gasteiger partial charge in [0.15, 0.2) is 0 Å². The molecule has 0 aliphatic heterocycles. The van der Waals surface area contributed by atoms with Gasteiger partial charge in [-0.15, -0.1) is 0 Å². The summed E-state index contributed by atoms with van der Waals surface area (Å²) in [6.07, 6.45) is 0.819. The van der Waals surface area contributed by atoms with Crippen molar-refractivity contribution in [2.45, 2.75) is 49.9 Å². The Balaban J connectivity index is 5.21. The molecule has 9 N–H and O–H groups in total. The van der Waals surface area contributed by atoms with Crippen LogP contribution in [-0.4, -0.2) is 87.7 Å². The highest BCUT2D eigenvalue weighted by molar-refractivity contribution is 7.98. The van der Waals surface area contributed by atoms with E-state index in [-0.39, 0.29) is 25.0 Å². The topological polar surface area (TPSA) is 231 Å². The fourth-order valence-corrected chi connectivity index (χ4v) is 3.05. The number of primary amides is 1. The maximum atomic E-state index is 12.5. The second-order valence-corrected chi connectivity index (χ2v) is 8.05. The summed E-state index contributed by atoms with van der Waals surface area (Å²) in [5.41, 5.74) is 10.6. The van der Waals surface area contributed by atoms with Crippen molar-refractivity contribution in [2.75, 3.05) is 17.8 Å². The Hall–Kier alpha value is -2.52. The maximum Gasteiger partial charge on any atom is 0.326 e. The van der Waals surface area contributed by atoms with E-state index >= 15 is 0 Å². The highest BCUT2D eigenvalue weighted by Gasteiger charge is 2.31. The smallest absolute Gasteiger partial charge is 0.326 e. The van der Waals surface area contributed by atoms with Crippen molar-refractivity contribution >= 4 is 60.0 Å². The number of rotatable bonds is 16. The summed E-state index contributed by atoms with van der Waals surface area (Å²) in [6, 6.07) is -5.28. The highest BCUT2D eigenvalue weighted by atomic mass is 32.2. The van der Waals surface area contributed by atoms with Gasteiger partial charge in [-0.2, -0.15) is 24.4 Å². The zero-order valence-electron chi connectivity index (χ0n) is 17.4. The Morgan fingerprint density at radius 3 is 1.91 bits per heavy atom. The Kier molecular flexibility index (Phi) is 14.1. The van der Waals surface area contributed by atoms with E-state index in [1.807, 2.05) is 0 Å². The van der Waals surface area contributed by atoms with Crippen molar-refractivity contribution in [3.8, 4) is 0 Å². The van der Waals surface area contributed by atoms with Gasteiger partial charge in [0.1, 0.15) is 18.1 Å². The molecule has 0 radical (unpaired) electrons. The molecule has 0 aromatic carbocycles. The maximum absolute atomic E-state index is 12.5. The molecule has 0 aromatic rings. The van der Waals surface area contributed by atoms with Crippen LogP contribution in [0.5, 0.6) is 0 Å². The number of carboxylic acids is 2. The van der Waals surface area contributed by atoms with Crippen LogP contribution in [0.25, 0.3) is 0 Å². The van der Waals surface area contributed by atoms with Crippen LogP contribution < -0.4 is 27.4 Å². The summed E-state index contributed by atoms with van der Waals surface area (Å²) in [7, 11) is 0. The SMILES string of the molecule is CSCCC(NC(=O)C(CC(=O)O)NC(=O)C(CS)NC(=O)C(N)CCC(N)=O)C(=O)O. The van der Waals surface area contributed by atoms with Crippen LogP contribution >= 0.6 is 24.4 Å². The monoisotopic (exact) mass is 495 g/mol. The molecule has 0 saturated carbocycles. The fourth-order valence-electron chi connectivity index (χ4n) is 2.32. The average Bonchev–Trinajstić information content (AvgIpc) is 2.71. The number of hydrogen-bond acceptors (Lipinski definition) is 9. The Morgan fingerprint density at radius 1 is 0.906 bits per heavy atom. The third-order valence-corrected chi connectivity index (χ3v) is 5.10. The van der Waals surface area contributed by atoms with E-state index in [0.717, 1.165) is 0 Å². The predicted molar refractivity (Wildman–Crippen MR) is 119 cm³/mol. The predicted octanol–water partition coefficient (Wildman–Crippen LogP) is -2.72. The van der Waals surface area contributed by atoms with Crippen molar-refractivity contribution in [3.63, 3.8) is 0 Å². The number of nitrogens with one attached hydrogen (secondary N) is 3. The standard InChI is InChI=1S/C17H29N5O8S2/c1-32-5-4-9(17(29)30)20-15(27)10(6-13(24)25)21-16(28)11(7-31)22-14(26)8(18)2-3-12(19)23/h8-11,31H,2-7,18H2,1H3,(H2,19,23)(H,20,27)(H,21,28)(H,22,26)(H,24,25)(H,29,30). The first-order valence-corrected chi connectivity index (χ1v) is 11.4. The molecular weight excluding hydrogens is 466 g/mol. The number of nitrogens with two attached hydrogens (primary N) is 2. The zero-order valence-corrected chi connectivity index (χ0v) is 19.1. The number of thioether (sulfide) groups is 1. The minimum Gasteiger partial charge on any atom is -0.481 e. The summed E-state index contributed by atoms with van der Waals surface area (Å²) in [6.45, 7) is 0. The third kappa shape index (κ3) is 11.8. The number of thiol groups is 1. The van der Waals surface area contributed by atoms with Crippen molar-refractivity contribution in [3.05, 3.63) is 0 Å². The molecule has 32 heavy (non-hydrogen) atoms. The van der Waals surface area contributed by atoms with Gasteiger partial charge in [0, 0.05) is 12.2 Å². The second kappa shape index (κ2) is 15.3. The van der Waals surface area contributed by atoms with E-state index in [2.05, 4.69) is 28.6 Å². The molecule has 0 aromatic heterocycles. The van der Waals surface area contributed by atoms with Gasteiger partial charge in [-0.05, 0) is 24.9 Å². The lowest BCUT2D eigenvalue weighted by Gasteiger charge is -2.23. The van der Waals surface area contributed by atoms with Crippen LogP contribution in [0.4, 0.5) is 0 Å². The molecule has 15 heteroatoms. The molecular formula is C17H29N5O8S2. The van der Waals surface area contributed by atoms with Gasteiger partial charge < -0.3 is 37.6 Å². The van der Waals surface area contributed by atoms with E-state index in [0.29, 0.717) is 5.75 Å². The number of carboxylic acid groups (broad SMARTS) is 2. The molecule has 0 aliphatic carbocycles. The lowest BCUT2D eigenvalue weighted by atomic mass is 10.1. The third-order valence-electron chi connectivity index (χ3n) is 4.09. The Bertz CT molecular complexity index is 708. The van der Waals surface area contributed by atoms with Crippen LogP contribution in [0.3, 0.4) is 0 Å². The molecule has 0 heterocycles.